The van der Waals surface area contributed by atoms with E-state index in [1.54, 1.807) is 22.9 Å². The molecule has 1 aliphatic heterocycles. The van der Waals surface area contributed by atoms with Crippen molar-refractivity contribution in [1.82, 2.24) is 44.9 Å². The number of morpholine rings is 1. The van der Waals surface area contributed by atoms with Gasteiger partial charge in [0.1, 0.15) is 18.2 Å². The third kappa shape index (κ3) is 7.11. The van der Waals surface area contributed by atoms with E-state index in [4.69, 9.17) is 21.1 Å². The molecule has 0 spiro atoms. The number of nitrogens with zero attached hydrogens (tertiary/aromatic N) is 9. The maximum Gasteiger partial charge on any atom is 0.437 e. The van der Waals surface area contributed by atoms with E-state index in [0.29, 0.717) is 28.9 Å². The van der Waals surface area contributed by atoms with Gasteiger partial charge in [0.15, 0.2) is 5.69 Å². The molecule has 1 atom stereocenters. The predicted octanol–water partition coefficient (Wildman–Crippen LogP) is 5.03. The first-order valence-corrected chi connectivity index (χ1v) is 14.9. The molecular formula is C28H32ClF3N10O2. The van der Waals surface area contributed by atoms with Crippen LogP contribution in [0.2, 0.25) is 5.02 Å². The Morgan fingerprint density at radius 2 is 1.80 bits per heavy atom. The first kappa shape index (κ1) is 30.2. The average Bonchev–Trinajstić information content (AvgIpc) is 3.70. The molecule has 2 fully saturated rings. The summed E-state index contributed by atoms with van der Waals surface area (Å²) in [6.07, 6.45) is 4.38. The maximum atomic E-state index is 14.0. The van der Waals surface area contributed by atoms with Gasteiger partial charge >= 0.3 is 6.18 Å². The van der Waals surface area contributed by atoms with Gasteiger partial charge in [-0.05, 0) is 60.7 Å². The lowest BCUT2D eigenvalue weighted by Gasteiger charge is -2.38. The topological polar surface area (TPSA) is 121 Å². The van der Waals surface area contributed by atoms with Crippen LogP contribution in [0.5, 0.6) is 5.75 Å². The third-order valence-electron chi connectivity index (χ3n) is 7.93. The molecule has 1 aliphatic carbocycles. The Morgan fingerprint density at radius 1 is 1.07 bits per heavy atom. The van der Waals surface area contributed by atoms with Gasteiger partial charge in [0.25, 0.3) is 0 Å². The third-order valence-corrected chi connectivity index (χ3v) is 8.24. The number of benzene rings is 1. The molecule has 0 unspecified atom stereocenters. The number of aromatic nitrogens is 8. The molecule has 4 heterocycles. The summed E-state index contributed by atoms with van der Waals surface area (Å²) in [6, 6.07) is 5.56. The molecule has 3 aromatic heterocycles. The molecule has 0 radical (unpaired) electrons. The highest BCUT2D eigenvalue weighted by Crippen LogP contribution is 2.38. The lowest BCUT2D eigenvalue weighted by atomic mass is 9.90. The van der Waals surface area contributed by atoms with E-state index in [1.807, 2.05) is 6.92 Å². The Balaban J connectivity index is 1.13. The number of alkyl halides is 3. The standard InChI is InChI=1S/C28H32ClF3N10O2/c1-18(15-41-17-35-38-39-41)44-25-12-19(2-7-23(25)29)20-13-33-27(34-14-20)36-24-16-42(37-26(24)28(30,31)32)22-5-3-21(4-6-22)40-8-10-43-11-9-40/h2,7,12-14,16-18,21-22H,3-6,8-11,15H2,1H3,(H,33,34,36)/t18-,21?,22?/m0/s1. The number of anilines is 2. The van der Waals surface area contributed by atoms with Crippen molar-refractivity contribution in [3.8, 4) is 16.9 Å². The molecule has 1 N–H and O–H groups in total. The molecule has 16 heteroatoms. The molecule has 1 aromatic carbocycles. The van der Waals surface area contributed by atoms with E-state index >= 15 is 0 Å². The highest BCUT2D eigenvalue weighted by molar-refractivity contribution is 6.32. The lowest BCUT2D eigenvalue weighted by Crippen LogP contribution is -2.45. The monoisotopic (exact) mass is 632 g/mol. The Labute approximate surface area is 256 Å². The zero-order valence-electron chi connectivity index (χ0n) is 24.0. The molecule has 0 amide bonds. The van der Waals surface area contributed by atoms with Crippen LogP contribution in [-0.4, -0.2) is 83.3 Å². The molecule has 12 nitrogen and oxygen atoms in total. The van der Waals surface area contributed by atoms with Gasteiger partial charge in [0.2, 0.25) is 5.95 Å². The number of nitrogens with one attached hydrogen (secondary N) is 1. The number of hydrogen-bond donors (Lipinski definition) is 1. The van der Waals surface area contributed by atoms with Crippen molar-refractivity contribution < 1.29 is 22.6 Å². The van der Waals surface area contributed by atoms with Crippen molar-refractivity contribution in [3.63, 3.8) is 0 Å². The number of hydrogen-bond acceptors (Lipinski definition) is 10. The first-order chi connectivity index (χ1) is 21.2. The normalized spacial score (nSPS) is 20.4. The predicted molar refractivity (Wildman–Crippen MR) is 155 cm³/mol. The summed E-state index contributed by atoms with van der Waals surface area (Å²) in [5.74, 6) is 0.475. The van der Waals surface area contributed by atoms with Gasteiger partial charge in [-0.25, -0.2) is 14.6 Å². The Morgan fingerprint density at radius 3 is 2.48 bits per heavy atom. The van der Waals surface area contributed by atoms with Crippen LogP contribution in [0.25, 0.3) is 11.1 Å². The van der Waals surface area contributed by atoms with Crippen LogP contribution in [-0.2, 0) is 17.5 Å². The Kier molecular flexibility index (Phi) is 8.96. The molecular weight excluding hydrogens is 601 g/mol. The fourth-order valence-electron chi connectivity index (χ4n) is 5.73. The van der Waals surface area contributed by atoms with Gasteiger partial charge in [0, 0.05) is 43.3 Å². The molecule has 4 aromatic rings. The molecule has 0 bridgehead atoms. The summed E-state index contributed by atoms with van der Waals surface area (Å²) in [5, 5.41) is 18.2. The van der Waals surface area contributed by atoms with Crippen LogP contribution < -0.4 is 10.1 Å². The van der Waals surface area contributed by atoms with Crippen LogP contribution in [0.4, 0.5) is 24.8 Å². The van der Waals surface area contributed by atoms with Gasteiger partial charge in [-0.15, -0.1) is 5.10 Å². The van der Waals surface area contributed by atoms with Crippen molar-refractivity contribution in [3.05, 3.63) is 53.8 Å². The van der Waals surface area contributed by atoms with Crippen molar-refractivity contribution in [2.45, 2.75) is 63.5 Å². The summed E-state index contributed by atoms with van der Waals surface area (Å²) in [5.41, 5.74) is 0.186. The summed E-state index contributed by atoms with van der Waals surface area (Å²) in [6.45, 7) is 5.54. The highest BCUT2D eigenvalue weighted by atomic mass is 35.5. The minimum Gasteiger partial charge on any atom is -0.487 e. The smallest absolute Gasteiger partial charge is 0.437 e. The van der Waals surface area contributed by atoms with Gasteiger partial charge in [-0.1, -0.05) is 17.7 Å². The van der Waals surface area contributed by atoms with E-state index in [0.717, 1.165) is 57.6 Å². The van der Waals surface area contributed by atoms with Crippen molar-refractivity contribution in [1.29, 1.82) is 0 Å². The van der Waals surface area contributed by atoms with Crippen LogP contribution in [0.1, 0.15) is 44.3 Å². The number of tetrazole rings is 1. The molecule has 2 aliphatic rings. The Bertz CT molecular complexity index is 1520. The van der Waals surface area contributed by atoms with Crippen molar-refractivity contribution in [2.24, 2.45) is 0 Å². The summed E-state index contributed by atoms with van der Waals surface area (Å²) < 4.78 is 56.4. The largest absolute Gasteiger partial charge is 0.487 e. The summed E-state index contributed by atoms with van der Waals surface area (Å²) >= 11 is 6.36. The van der Waals surface area contributed by atoms with Crippen LogP contribution in [0.15, 0.2) is 43.1 Å². The fourth-order valence-corrected chi connectivity index (χ4v) is 5.89. The lowest BCUT2D eigenvalue weighted by molar-refractivity contribution is -0.141. The molecule has 234 valence electrons. The number of rotatable bonds is 9. The van der Waals surface area contributed by atoms with Gasteiger partial charge in [-0.2, -0.15) is 18.3 Å². The zero-order valence-corrected chi connectivity index (χ0v) is 24.7. The Hall–Kier alpha value is -3.82. The second-order valence-corrected chi connectivity index (χ2v) is 11.4. The SMILES string of the molecule is C[C@@H](Cn1cnnn1)Oc1cc(-c2cnc(Nc3cn(C4CCC(N5CCOCC5)CC4)nc3C(F)(F)F)nc2)ccc1Cl. The van der Waals surface area contributed by atoms with Gasteiger partial charge < -0.3 is 14.8 Å². The number of ether oxygens (including phenoxy) is 2. The molecule has 44 heavy (non-hydrogen) atoms. The van der Waals surface area contributed by atoms with Crippen LogP contribution in [0, 0.1) is 0 Å². The van der Waals surface area contributed by atoms with Gasteiger partial charge in [0.05, 0.1) is 36.5 Å². The summed E-state index contributed by atoms with van der Waals surface area (Å²) in [4.78, 5) is 11.0. The zero-order chi connectivity index (χ0) is 30.7. The number of halogens is 4. The second kappa shape index (κ2) is 13.0. The second-order valence-electron chi connectivity index (χ2n) is 11.0. The van der Waals surface area contributed by atoms with E-state index in [2.05, 4.69) is 40.8 Å². The summed E-state index contributed by atoms with van der Waals surface area (Å²) in [7, 11) is 0. The quantitative estimate of drug-likeness (QED) is 0.269. The average molecular weight is 633 g/mol. The first-order valence-electron chi connectivity index (χ1n) is 14.5. The molecule has 1 saturated carbocycles. The maximum absolute atomic E-state index is 14.0. The minimum absolute atomic E-state index is 0.0235. The van der Waals surface area contributed by atoms with E-state index in [-0.39, 0.29) is 23.8 Å². The molecule has 6 rings (SSSR count). The van der Waals surface area contributed by atoms with Crippen molar-refractivity contribution in [2.75, 3.05) is 31.6 Å². The van der Waals surface area contributed by atoms with E-state index in [9.17, 15) is 13.2 Å². The van der Waals surface area contributed by atoms with Crippen LogP contribution in [0.3, 0.4) is 0 Å². The van der Waals surface area contributed by atoms with Crippen LogP contribution >= 0.6 is 11.6 Å². The van der Waals surface area contributed by atoms with Crippen molar-refractivity contribution >= 4 is 23.2 Å². The van der Waals surface area contributed by atoms with E-state index in [1.165, 1.54) is 29.6 Å². The van der Waals surface area contributed by atoms with E-state index < -0.39 is 11.9 Å². The van der Waals surface area contributed by atoms with Gasteiger partial charge in [-0.3, -0.25) is 9.58 Å². The fraction of sp³-hybridized carbons (Fsp3) is 0.500. The minimum atomic E-state index is -4.64. The highest BCUT2D eigenvalue weighted by Gasteiger charge is 2.39. The molecule has 1 saturated heterocycles.